The number of carbonyl (C=O) groups is 2. The van der Waals surface area contributed by atoms with E-state index in [1.165, 1.54) is 18.2 Å². The van der Waals surface area contributed by atoms with E-state index in [-0.39, 0.29) is 23.6 Å². The zero-order chi connectivity index (χ0) is 18.3. The largest absolute Gasteiger partial charge is 0.491 e. The summed E-state index contributed by atoms with van der Waals surface area (Å²) >= 11 is 0. The van der Waals surface area contributed by atoms with Crippen LogP contribution in [0.4, 0.5) is 0 Å². The summed E-state index contributed by atoms with van der Waals surface area (Å²) in [5, 5.41) is 9.09. The number of fused-ring (bicyclic) bond motifs is 1. The van der Waals surface area contributed by atoms with Crippen molar-refractivity contribution in [1.29, 1.82) is 0 Å². The van der Waals surface area contributed by atoms with Gasteiger partial charge in [0.1, 0.15) is 12.4 Å². The van der Waals surface area contributed by atoms with E-state index in [0.717, 1.165) is 24.1 Å². The molecule has 0 bridgehead atoms. The molecule has 1 fully saturated rings. The Hall–Kier alpha value is -3.09. The van der Waals surface area contributed by atoms with Crippen LogP contribution in [0.2, 0.25) is 0 Å². The van der Waals surface area contributed by atoms with E-state index in [0.29, 0.717) is 30.3 Å². The Bertz CT molecular complexity index is 945. The third-order valence-corrected chi connectivity index (χ3v) is 4.71. The number of benzene rings is 1. The third-order valence-electron chi connectivity index (χ3n) is 4.71. The van der Waals surface area contributed by atoms with Crippen LogP contribution in [0.15, 0.2) is 35.1 Å². The van der Waals surface area contributed by atoms with Crippen molar-refractivity contribution < 1.29 is 19.4 Å². The van der Waals surface area contributed by atoms with Crippen LogP contribution in [0.5, 0.6) is 5.75 Å². The maximum absolute atomic E-state index is 12.9. The summed E-state index contributed by atoms with van der Waals surface area (Å²) in [7, 11) is 0. The third kappa shape index (κ3) is 3.20. The number of aromatic carboxylic acids is 1. The Labute approximate surface area is 149 Å². The molecular formula is C19H18N2O5. The van der Waals surface area contributed by atoms with Crippen LogP contribution in [0, 0.1) is 0 Å². The van der Waals surface area contributed by atoms with Gasteiger partial charge in [0.2, 0.25) is 5.56 Å². The van der Waals surface area contributed by atoms with Gasteiger partial charge in [-0.2, -0.15) is 0 Å². The highest BCUT2D eigenvalue weighted by atomic mass is 16.5. The van der Waals surface area contributed by atoms with Gasteiger partial charge < -0.3 is 19.7 Å². The highest BCUT2D eigenvalue weighted by molar-refractivity contribution is 5.94. The molecule has 7 heteroatoms. The van der Waals surface area contributed by atoms with E-state index in [1.807, 2.05) is 0 Å². The van der Waals surface area contributed by atoms with E-state index in [4.69, 9.17) is 9.84 Å². The van der Waals surface area contributed by atoms with E-state index in [9.17, 15) is 14.4 Å². The summed E-state index contributed by atoms with van der Waals surface area (Å²) in [6, 6.07) is 7.73. The molecule has 0 saturated heterocycles. The molecule has 1 aromatic carbocycles. The lowest BCUT2D eigenvalue weighted by Gasteiger charge is -2.20. The van der Waals surface area contributed by atoms with Crippen LogP contribution in [0.1, 0.15) is 50.7 Å². The van der Waals surface area contributed by atoms with Crippen LogP contribution in [-0.4, -0.2) is 40.0 Å². The van der Waals surface area contributed by atoms with Crippen LogP contribution < -0.4 is 10.3 Å². The number of pyridine rings is 1. The van der Waals surface area contributed by atoms with Gasteiger partial charge in [0.05, 0.1) is 12.1 Å². The van der Waals surface area contributed by atoms with Crippen molar-refractivity contribution in [3.05, 3.63) is 63.1 Å². The minimum Gasteiger partial charge on any atom is -0.491 e. The smallest absolute Gasteiger partial charge is 0.335 e. The Balaban J connectivity index is 1.61. The number of H-pyrrole nitrogens is 1. The normalized spacial score (nSPS) is 16.4. The van der Waals surface area contributed by atoms with Crippen LogP contribution >= 0.6 is 0 Å². The molecule has 134 valence electrons. The summed E-state index contributed by atoms with van der Waals surface area (Å²) in [6.07, 6.45) is 2.06. The Morgan fingerprint density at radius 1 is 1.15 bits per heavy atom. The van der Waals surface area contributed by atoms with E-state index >= 15 is 0 Å². The van der Waals surface area contributed by atoms with Crippen LogP contribution in [0.3, 0.4) is 0 Å². The fourth-order valence-electron chi connectivity index (χ4n) is 3.16. The number of nitrogens with zero attached hydrogens (tertiary/aromatic N) is 1. The molecule has 1 aliphatic carbocycles. The second-order valence-electron chi connectivity index (χ2n) is 6.67. The molecule has 1 saturated carbocycles. The van der Waals surface area contributed by atoms with Gasteiger partial charge in [-0.05, 0) is 37.0 Å². The SMILES string of the molecule is O=C(O)c1ccc2c(c1)OCCN(C(=O)c1cc(C3CC3)[nH]c(=O)c1)C2. The number of aromatic nitrogens is 1. The van der Waals surface area contributed by atoms with Crippen molar-refractivity contribution in [2.75, 3.05) is 13.2 Å². The predicted molar refractivity (Wildman–Crippen MR) is 92.7 cm³/mol. The van der Waals surface area contributed by atoms with Gasteiger partial charge in [0.25, 0.3) is 5.91 Å². The summed E-state index contributed by atoms with van der Waals surface area (Å²) in [5.41, 5.74) is 1.82. The number of amides is 1. The minimum absolute atomic E-state index is 0.146. The van der Waals surface area contributed by atoms with Gasteiger partial charge in [-0.15, -0.1) is 0 Å². The number of carboxylic acid groups (broad SMARTS) is 1. The second kappa shape index (κ2) is 6.33. The topological polar surface area (TPSA) is 99.7 Å². The molecule has 2 N–H and O–H groups in total. The number of nitrogens with one attached hydrogen (secondary N) is 1. The molecule has 1 amide bonds. The lowest BCUT2D eigenvalue weighted by atomic mass is 10.1. The molecule has 2 heterocycles. The lowest BCUT2D eigenvalue weighted by molar-refractivity contribution is 0.0695. The van der Waals surface area contributed by atoms with Gasteiger partial charge in [0, 0.05) is 29.4 Å². The first kappa shape index (κ1) is 16.4. The molecule has 4 rings (SSSR count). The first-order valence-corrected chi connectivity index (χ1v) is 8.54. The number of ether oxygens (including phenoxy) is 1. The van der Waals surface area contributed by atoms with E-state index in [2.05, 4.69) is 4.98 Å². The number of carboxylic acids is 1. The summed E-state index contributed by atoms with van der Waals surface area (Å²) in [6.45, 7) is 0.932. The average molecular weight is 354 g/mol. The van der Waals surface area contributed by atoms with Gasteiger partial charge in [0.15, 0.2) is 0 Å². The maximum atomic E-state index is 12.9. The Morgan fingerprint density at radius 3 is 2.69 bits per heavy atom. The second-order valence-corrected chi connectivity index (χ2v) is 6.67. The Kier molecular flexibility index (Phi) is 3.99. The molecule has 0 radical (unpaired) electrons. The molecule has 1 aromatic heterocycles. The van der Waals surface area contributed by atoms with Gasteiger partial charge in [-0.3, -0.25) is 9.59 Å². The van der Waals surface area contributed by atoms with Crippen molar-refractivity contribution in [1.82, 2.24) is 9.88 Å². The van der Waals surface area contributed by atoms with Crippen LogP contribution in [-0.2, 0) is 6.54 Å². The quantitative estimate of drug-likeness (QED) is 0.878. The molecule has 0 atom stereocenters. The molecule has 1 aliphatic heterocycles. The maximum Gasteiger partial charge on any atom is 0.335 e. The lowest BCUT2D eigenvalue weighted by Crippen LogP contribution is -2.33. The molecule has 2 aliphatic rings. The van der Waals surface area contributed by atoms with Crippen molar-refractivity contribution >= 4 is 11.9 Å². The van der Waals surface area contributed by atoms with Crippen molar-refractivity contribution in [3.63, 3.8) is 0 Å². The van der Waals surface area contributed by atoms with Crippen molar-refractivity contribution in [2.45, 2.75) is 25.3 Å². The van der Waals surface area contributed by atoms with Crippen molar-refractivity contribution in [3.8, 4) is 5.75 Å². The van der Waals surface area contributed by atoms with Gasteiger partial charge >= 0.3 is 5.97 Å². The first-order chi connectivity index (χ1) is 12.5. The van der Waals surface area contributed by atoms with Crippen molar-refractivity contribution in [2.24, 2.45) is 0 Å². The van der Waals surface area contributed by atoms with Gasteiger partial charge in [-0.25, -0.2) is 4.79 Å². The summed E-state index contributed by atoms with van der Waals surface area (Å²) in [5.74, 6) is -0.427. The number of aromatic amines is 1. The molecule has 26 heavy (non-hydrogen) atoms. The number of carbonyl (C=O) groups excluding carboxylic acids is 1. The monoisotopic (exact) mass is 354 g/mol. The standard InChI is InChI=1S/C19H18N2O5/c22-17-9-14(7-15(20-17)11-1-2-11)18(23)21-5-6-26-16-8-12(19(24)25)3-4-13(16)10-21/h3-4,7-9,11H,1-2,5-6,10H2,(H,20,22)(H,24,25). The zero-order valence-corrected chi connectivity index (χ0v) is 14.0. The predicted octanol–water partition coefficient (Wildman–Crippen LogP) is 1.99. The minimum atomic E-state index is -1.02. The molecule has 0 unspecified atom stereocenters. The number of hydrogen-bond acceptors (Lipinski definition) is 4. The fraction of sp³-hybridized carbons (Fsp3) is 0.316. The summed E-state index contributed by atoms with van der Waals surface area (Å²) < 4.78 is 5.63. The van der Waals surface area contributed by atoms with E-state index < -0.39 is 5.97 Å². The van der Waals surface area contributed by atoms with Crippen LogP contribution in [0.25, 0.3) is 0 Å². The number of rotatable bonds is 3. The highest BCUT2D eigenvalue weighted by Gasteiger charge is 2.27. The molecule has 2 aromatic rings. The average Bonchev–Trinajstić information content (AvgIpc) is 3.46. The fourth-order valence-corrected chi connectivity index (χ4v) is 3.16. The first-order valence-electron chi connectivity index (χ1n) is 8.54. The number of hydrogen-bond donors (Lipinski definition) is 2. The zero-order valence-electron chi connectivity index (χ0n) is 14.0. The Morgan fingerprint density at radius 2 is 1.96 bits per heavy atom. The van der Waals surface area contributed by atoms with E-state index in [1.54, 1.807) is 17.0 Å². The summed E-state index contributed by atoms with van der Waals surface area (Å²) in [4.78, 5) is 40.3. The molecule has 0 spiro atoms. The molecular weight excluding hydrogens is 336 g/mol. The highest BCUT2D eigenvalue weighted by Crippen LogP contribution is 2.38. The van der Waals surface area contributed by atoms with Gasteiger partial charge in [-0.1, -0.05) is 6.07 Å². The molecule has 7 nitrogen and oxygen atoms in total.